The molecule has 1 saturated carbocycles. The Labute approximate surface area is 130 Å². The van der Waals surface area contributed by atoms with E-state index in [4.69, 9.17) is 0 Å². The third-order valence-corrected chi connectivity index (χ3v) is 4.82. The van der Waals surface area contributed by atoms with Crippen molar-refractivity contribution in [2.24, 2.45) is 5.92 Å². The van der Waals surface area contributed by atoms with Crippen molar-refractivity contribution in [3.05, 3.63) is 42.2 Å². The molecular formula is C18H22N2O2. The van der Waals surface area contributed by atoms with Gasteiger partial charge in [0.05, 0.1) is 0 Å². The van der Waals surface area contributed by atoms with Gasteiger partial charge in [-0.2, -0.15) is 0 Å². The lowest BCUT2D eigenvalue weighted by atomic mass is 9.86. The van der Waals surface area contributed by atoms with Crippen molar-refractivity contribution >= 4 is 16.7 Å². The molecule has 0 bridgehead atoms. The van der Waals surface area contributed by atoms with Crippen LogP contribution in [0.15, 0.2) is 36.5 Å². The number of hydrogen-bond acceptors (Lipinski definition) is 3. The van der Waals surface area contributed by atoms with Crippen LogP contribution in [0.3, 0.4) is 0 Å². The Balaban J connectivity index is 1.81. The molecule has 0 unspecified atom stereocenters. The molecule has 1 heterocycles. The van der Waals surface area contributed by atoms with E-state index in [1.165, 1.54) is 0 Å². The van der Waals surface area contributed by atoms with Gasteiger partial charge in [0.15, 0.2) is 0 Å². The lowest BCUT2D eigenvalue weighted by molar-refractivity contribution is 0.0649. The second kappa shape index (κ2) is 6.44. The fraction of sp³-hybridized carbons (Fsp3) is 0.444. The van der Waals surface area contributed by atoms with Crippen LogP contribution in [0, 0.1) is 5.92 Å². The maximum absolute atomic E-state index is 12.8. The monoisotopic (exact) mass is 298 g/mol. The Morgan fingerprint density at radius 2 is 1.95 bits per heavy atom. The lowest BCUT2D eigenvalue weighted by Gasteiger charge is -2.34. The van der Waals surface area contributed by atoms with Crippen LogP contribution in [-0.4, -0.2) is 40.6 Å². The molecule has 4 heteroatoms. The Morgan fingerprint density at radius 1 is 1.23 bits per heavy atom. The summed E-state index contributed by atoms with van der Waals surface area (Å²) in [6.07, 6.45) is 5.59. The second-order valence-electron chi connectivity index (χ2n) is 6.15. The molecule has 1 aromatic heterocycles. The molecule has 2 aromatic rings. The van der Waals surface area contributed by atoms with Crippen LogP contribution in [-0.2, 0) is 0 Å². The van der Waals surface area contributed by atoms with Gasteiger partial charge in [0.25, 0.3) is 5.91 Å². The zero-order chi connectivity index (χ0) is 15.5. The van der Waals surface area contributed by atoms with Gasteiger partial charge in [0, 0.05) is 31.3 Å². The number of pyridine rings is 1. The summed E-state index contributed by atoms with van der Waals surface area (Å²) in [6.45, 7) is 0.259. The van der Waals surface area contributed by atoms with Crippen LogP contribution in [0.4, 0.5) is 0 Å². The number of benzene rings is 1. The minimum atomic E-state index is -0.00996. The van der Waals surface area contributed by atoms with Gasteiger partial charge in [0.1, 0.15) is 5.69 Å². The predicted octanol–water partition coefficient (Wildman–Crippen LogP) is 2.86. The van der Waals surface area contributed by atoms with Gasteiger partial charge in [-0.1, -0.05) is 24.3 Å². The summed E-state index contributed by atoms with van der Waals surface area (Å²) in [5.41, 5.74) is 0.532. The van der Waals surface area contributed by atoms with E-state index in [0.29, 0.717) is 11.6 Å². The zero-order valence-corrected chi connectivity index (χ0v) is 12.9. The molecule has 1 N–H and O–H groups in total. The highest BCUT2D eigenvalue weighted by Gasteiger charge is 2.27. The summed E-state index contributed by atoms with van der Waals surface area (Å²) in [5, 5.41) is 11.2. The first-order valence-corrected chi connectivity index (χ1v) is 7.92. The first-order chi connectivity index (χ1) is 10.7. The minimum absolute atomic E-state index is 0.00996. The van der Waals surface area contributed by atoms with E-state index in [-0.39, 0.29) is 18.6 Å². The molecule has 0 atom stereocenters. The fourth-order valence-electron chi connectivity index (χ4n) is 3.34. The number of fused-ring (bicyclic) bond motifs is 1. The van der Waals surface area contributed by atoms with Crippen LogP contribution >= 0.6 is 0 Å². The molecule has 0 radical (unpaired) electrons. The van der Waals surface area contributed by atoms with Crippen LogP contribution in [0.1, 0.15) is 36.2 Å². The van der Waals surface area contributed by atoms with Gasteiger partial charge < -0.3 is 10.0 Å². The Bertz CT molecular complexity index is 658. The van der Waals surface area contributed by atoms with Crippen LogP contribution < -0.4 is 0 Å². The number of hydrogen-bond donors (Lipinski definition) is 1. The molecule has 4 nitrogen and oxygen atoms in total. The summed E-state index contributed by atoms with van der Waals surface area (Å²) >= 11 is 0. The number of carbonyl (C=O) groups is 1. The average molecular weight is 298 g/mol. The maximum atomic E-state index is 12.8. The van der Waals surface area contributed by atoms with Crippen molar-refractivity contribution in [1.29, 1.82) is 0 Å². The molecule has 22 heavy (non-hydrogen) atoms. The van der Waals surface area contributed by atoms with E-state index in [1.54, 1.807) is 6.20 Å². The molecule has 116 valence electrons. The van der Waals surface area contributed by atoms with E-state index < -0.39 is 0 Å². The van der Waals surface area contributed by atoms with E-state index in [1.807, 2.05) is 42.3 Å². The number of aromatic nitrogens is 1. The highest BCUT2D eigenvalue weighted by atomic mass is 16.3. The highest BCUT2D eigenvalue weighted by molar-refractivity contribution is 6.05. The van der Waals surface area contributed by atoms with Crippen LogP contribution in [0.2, 0.25) is 0 Å². The number of nitrogens with zero attached hydrogens (tertiary/aromatic N) is 2. The molecule has 0 saturated heterocycles. The minimum Gasteiger partial charge on any atom is -0.396 e. The van der Waals surface area contributed by atoms with Gasteiger partial charge in [-0.25, -0.2) is 0 Å². The smallest absolute Gasteiger partial charge is 0.273 e. The van der Waals surface area contributed by atoms with E-state index >= 15 is 0 Å². The summed E-state index contributed by atoms with van der Waals surface area (Å²) in [5.74, 6) is 0.389. The Hall–Kier alpha value is -1.94. The number of aliphatic hydroxyl groups is 1. The summed E-state index contributed by atoms with van der Waals surface area (Å²) < 4.78 is 0. The van der Waals surface area contributed by atoms with Gasteiger partial charge in [0.2, 0.25) is 0 Å². The molecule has 0 spiro atoms. The molecule has 1 fully saturated rings. The van der Waals surface area contributed by atoms with Crippen molar-refractivity contribution in [2.45, 2.75) is 31.7 Å². The number of carbonyl (C=O) groups excluding carboxylic acids is 1. The number of aliphatic hydroxyl groups excluding tert-OH is 1. The maximum Gasteiger partial charge on any atom is 0.273 e. The van der Waals surface area contributed by atoms with Gasteiger partial charge >= 0.3 is 0 Å². The summed E-state index contributed by atoms with van der Waals surface area (Å²) in [4.78, 5) is 19.0. The topological polar surface area (TPSA) is 53.4 Å². The van der Waals surface area contributed by atoms with Crippen molar-refractivity contribution in [3.8, 4) is 0 Å². The number of rotatable bonds is 3. The van der Waals surface area contributed by atoms with Gasteiger partial charge in [-0.05, 0) is 43.1 Å². The van der Waals surface area contributed by atoms with Crippen molar-refractivity contribution in [2.75, 3.05) is 13.7 Å². The second-order valence-corrected chi connectivity index (χ2v) is 6.15. The van der Waals surface area contributed by atoms with Crippen molar-refractivity contribution < 1.29 is 9.90 Å². The molecule has 1 aromatic carbocycles. The zero-order valence-electron chi connectivity index (χ0n) is 12.9. The third kappa shape index (κ3) is 2.83. The SMILES string of the molecule is CN(C(=O)c1nccc2ccccc12)C1CCC(CO)CC1. The van der Waals surface area contributed by atoms with Crippen LogP contribution in [0.5, 0.6) is 0 Å². The quantitative estimate of drug-likeness (QED) is 0.948. The lowest BCUT2D eigenvalue weighted by Crippen LogP contribution is -2.40. The fourth-order valence-corrected chi connectivity index (χ4v) is 3.34. The molecular weight excluding hydrogens is 276 g/mol. The molecule has 0 aliphatic heterocycles. The molecule has 1 amide bonds. The van der Waals surface area contributed by atoms with E-state index in [0.717, 1.165) is 36.5 Å². The van der Waals surface area contributed by atoms with Crippen molar-refractivity contribution in [1.82, 2.24) is 9.88 Å². The van der Waals surface area contributed by atoms with E-state index in [2.05, 4.69) is 4.98 Å². The Morgan fingerprint density at radius 3 is 2.68 bits per heavy atom. The Kier molecular flexibility index (Phi) is 4.39. The summed E-state index contributed by atoms with van der Waals surface area (Å²) in [7, 11) is 1.87. The third-order valence-electron chi connectivity index (χ3n) is 4.82. The normalized spacial score (nSPS) is 21.7. The summed E-state index contributed by atoms with van der Waals surface area (Å²) in [6, 6.07) is 10.0. The largest absolute Gasteiger partial charge is 0.396 e. The predicted molar refractivity (Wildman–Crippen MR) is 86.7 cm³/mol. The molecule has 1 aliphatic rings. The van der Waals surface area contributed by atoms with Gasteiger partial charge in [-0.3, -0.25) is 9.78 Å². The standard InChI is InChI=1S/C18H22N2O2/c1-20(15-8-6-13(12-21)7-9-15)18(22)17-16-5-3-2-4-14(16)10-11-19-17/h2-5,10-11,13,15,21H,6-9,12H2,1H3. The van der Waals surface area contributed by atoms with Gasteiger partial charge in [-0.15, -0.1) is 0 Å². The molecule has 1 aliphatic carbocycles. The van der Waals surface area contributed by atoms with Crippen molar-refractivity contribution in [3.63, 3.8) is 0 Å². The van der Waals surface area contributed by atoms with E-state index in [9.17, 15) is 9.90 Å². The first kappa shape index (κ1) is 15.0. The average Bonchev–Trinajstić information content (AvgIpc) is 2.60. The first-order valence-electron chi connectivity index (χ1n) is 7.92. The molecule has 3 rings (SSSR count). The number of amides is 1. The van der Waals surface area contributed by atoms with Crippen LogP contribution in [0.25, 0.3) is 10.8 Å². The highest BCUT2D eigenvalue weighted by Crippen LogP contribution is 2.28.